The molecule has 11 heavy (non-hydrogen) atoms. The van der Waals surface area contributed by atoms with E-state index in [4.69, 9.17) is 4.74 Å². The Kier molecular flexibility index (Phi) is 2.24. The standard InChI is InChI=1S/C9H15BrO/c10-8-1-2-9(7-8)3-5-11-6-4-9/h8H,1-7H2. The van der Waals surface area contributed by atoms with E-state index in [2.05, 4.69) is 15.9 Å². The van der Waals surface area contributed by atoms with Gasteiger partial charge in [-0.25, -0.2) is 0 Å². The van der Waals surface area contributed by atoms with E-state index in [0.717, 1.165) is 18.0 Å². The molecular formula is C9H15BrO. The highest BCUT2D eigenvalue weighted by Gasteiger charge is 2.38. The zero-order chi connectivity index (χ0) is 7.73. The smallest absolute Gasteiger partial charge is 0.0471 e. The zero-order valence-electron chi connectivity index (χ0n) is 6.81. The first kappa shape index (κ1) is 8.06. The summed E-state index contributed by atoms with van der Waals surface area (Å²) in [5.74, 6) is 0. The van der Waals surface area contributed by atoms with Crippen molar-refractivity contribution in [1.29, 1.82) is 0 Å². The van der Waals surface area contributed by atoms with Crippen molar-refractivity contribution in [2.24, 2.45) is 5.41 Å². The molecule has 1 unspecified atom stereocenters. The summed E-state index contributed by atoms with van der Waals surface area (Å²) < 4.78 is 5.38. The summed E-state index contributed by atoms with van der Waals surface area (Å²) in [5.41, 5.74) is 0.673. The molecule has 1 saturated heterocycles. The van der Waals surface area contributed by atoms with Gasteiger partial charge < -0.3 is 4.74 Å². The predicted octanol–water partition coefficient (Wildman–Crippen LogP) is 2.73. The van der Waals surface area contributed by atoms with E-state index in [1.165, 1.54) is 32.1 Å². The van der Waals surface area contributed by atoms with Crippen molar-refractivity contribution < 1.29 is 4.74 Å². The zero-order valence-corrected chi connectivity index (χ0v) is 8.40. The molecule has 0 radical (unpaired) electrons. The average Bonchev–Trinajstić information content (AvgIpc) is 2.34. The van der Waals surface area contributed by atoms with Crippen molar-refractivity contribution in [2.45, 2.75) is 36.9 Å². The normalized spacial score (nSPS) is 36.3. The van der Waals surface area contributed by atoms with E-state index < -0.39 is 0 Å². The molecule has 0 aromatic heterocycles. The number of alkyl halides is 1. The highest BCUT2D eigenvalue weighted by Crippen LogP contribution is 2.47. The van der Waals surface area contributed by atoms with E-state index in [9.17, 15) is 0 Å². The molecule has 1 nitrogen and oxygen atoms in total. The Balaban J connectivity index is 1.98. The SMILES string of the molecule is BrC1CCC2(CCOCC2)C1. The van der Waals surface area contributed by atoms with Crippen LogP contribution >= 0.6 is 15.9 Å². The van der Waals surface area contributed by atoms with Crippen LogP contribution < -0.4 is 0 Å². The van der Waals surface area contributed by atoms with E-state index in [1.807, 2.05) is 0 Å². The lowest BCUT2D eigenvalue weighted by atomic mass is 9.79. The summed E-state index contributed by atoms with van der Waals surface area (Å²) in [4.78, 5) is 0.792. The molecule has 1 spiro atoms. The second-order valence-corrected chi connectivity index (χ2v) is 5.25. The van der Waals surface area contributed by atoms with E-state index in [1.54, 1.807) is 0 Å². The number of rotatable bonds is 0. The van der Waals surface area contributed by atoms with Gasteiger partial charge in [-0.1, -0.05) is 15.9 Å². The molecule has 0 aromatic carbocycles. The van der Waals surface area contributed by atoms with Gasteiger partial charge in [-0.3, -0.25) is 0 Å². The lowest BCUT2D eigenvalue weighted by Gasteiger charge is -2.33. The number of ether oxygens (including phenoxy) is 1. The van der Waals surface area contributed by atoms with Crippen LogP contribution in [0.25, 0.3) is 0 Å². The molecule has 1 saturated carbocycles. The molecule has 2 fully saturated rings. The molecular weight excluding hydrogens is 204 g/mol. The predicted molar refractivity (Wildman–Crippen MR) is 49.1 cm³/mol. The van der Waals surface area contributed by atoms with Crippen LogP contribution in [0.4, 0.5) is 0 Å². The monoisotopic (exact) mass is 218 g/mol. The molecule has 1 heterocycles. The Morgan fingerprint density at radius 2 is 1.91 bits per heavy atom. The maximum Gasteiger partial charge on any atom is 0.0471 e. The van der Waals surface area contributed by atoms with Gasteiger partial charge in [-0.2, -0.15) is 0 Å². The van der Waals surface area contributed by atoms with Crippen molar-refractivity contribution in [3.63, 3.8) is 0 Å². The largest absolute Gasteiger partial charge is 0.381 e. The van der Waals surface area contributed by atoms with Gasteiger partial charge in [0, 0.05) is 18.0 Å². The Bertz CT molecular complexity index is 135. The molecule has 2 heteroatoms. The summed E-state index contributed by atoms with van der Waals surface area (Å²) in [7, 11) is 0. The molecule has 1 aliphatic carbocycles. The van der Waals surface area contributed by atoms with Crippen molar-refractivity contribution >= 4 is 15.9 Å². The van der Waals surface area contributed by atoms with Crippen LogP contribution in [-0.4, -0.2) is 18.0 Å². The van der Waals surface area contributed by atoms with E-state index in [-0.39, 0.29) is 0 Å². The Labute approximate surface area is 76.6 Å². The van der Waals surface area contributed by atoms with Gasteiger partial charge in [0.2, 0.25) is 0 Å². The van der Waals surface area contributed by atoms with Crippen LogP contribution in [0.3, 0.4) is 0 Å². The summed E-state index contributed by atoms with van der Waals surface area (Å²) in [6, 6.07) is 0. The third kappa shape index (κ3) is 1.62. The second-order valence-electron chi connectivity index (χ2n) is 3.95. The number of hydrogen-bond donors (Lipinski definition) is 0. The van der Waals surface area contributed by atoms with Gasteiger partial charge in [0.25, 0.3) is 0 Å². The van der Waals surface area contributed by atoms with Gasteiger partial charge in [0.1, 0.15) is 0 Å². The molecule has 0 aromatic rings. The molecule has 2 aliphatic rings. The van der Waals surface area contributed by atoms with Crippen LogP contribution in [0.15, 0.2) is 0 Å². The molecule has 0 amide bonds. The maximum atomic E-state index is 5.38. The summed E-state index contributed by atoms with van der Waals surface area (Å²) in [5, 5.41) is 0. The van der Waals surface area contributed by atoms with Crippen molar-refractivity contribution in [1.82, 2.24) is 0 Å². The van der Waals surface area contributed by atoms with Crippen LogP contribution in [-0.2, 0) is 4.74 Å². The Hall–Kier alpha value is 0.440. The van der Waals surface area contributed by atoms with Crippen molar-refractivity contribution in [3.05, 3.63) is 0 Å². The van der Waals surface area contributed by atoms with Gasteiger partial charge in [0.05, 0.1) is 0 Å². The van der Waals surface area contributed by atoms with Crippen LogP contribution in [0, 0.1) is 5.41 Å². The van der Waals surface area contributed by atoms with Crippen LogP contribution in [0.5, 0.6) is 0 Å². The van der Waals surface area contributed by atoms with Gasteiger partial charge in [-0.15, -0.1) is 0 Å². The van der Waals surface area contributed by atoms with Crippen molar-refractivity contribution in [2.75, 3.05) is 13.2 Å². The lowest BCUT2D eigenvalue weighted by Crippen LogP contribution is -2.26. The molecule has 2 rings (SSSR count). The van der Waals surface area contributed by atoms with E-state index in [0.29, 0.717) is 5.41 Å². The first-order valence-electron chi connectivity index (χ1n) is 4.53. The van der Waals surface area contributed by atoms with Gasteiger partial charge >= 0.3 is 0 Å². The molecule has 1 aliphatic heterocycles. The molecule has 64 valence electrons. The maximum absolute atomic E-state index is 5.38. The molecule has 0 bridgehead atoms. The number of halogens is 1. The average molecular weight is 219 g/mol. The van der Waals surface area contributed by atoms with Crippen molar-refractivity contribution in [3.8, 4) is 0 Å². The van der Waals surface area contributed by atoms with Crippen LogP contribution in [0.1, 0.15) is 32.1 Å². The van der Waals surface area contributed by atoms with Crippen LogP contribution in [0.2, 0.25) is 0 Å². The van der Waals surface area contributed by atoms with Gasteiger partial charge in [-0.05, 0) is 37.5 Å². The first-order valence-corrected chi connectivity index (χ1v) is 5.44. The molecule has 1 atom stereocenters. The molecule has 0 N–H and O–H groups in total. The fourth-order valence-electron chi connectivity index (χ4n) is 2.40. The topological polar surface area (TPSA) is 9.23 Å². The fourth-order valence-corrected chi connectivity index (χ4v) is 3.31. The Morgan fingerprint density at radius 1 is 1.18 bits per heavy atom. The second kappa shape index (κ2) is 3.06. The van der Waals surface area contributed by atoms with E-state index >= 15 is 0 Å². The quantitative estimate of drug-likeness (QED) is 0.569. The first-order chi connectivity index (χ1) is 5.31. The highest BCUT2D eigenvalue weighted by atomic mass is 79.9. The van der Waals surface area contributed by atoms with Gasteiger partial charge in [0.15, 0.2) is 0 Å². The minimum absolute atomic E-state index is 0.673. The lowest BCUT2D eigenvalue weighted by molar-refractivity contribution is 0.0184. The minimum Gasteiger partial charge on any atom is -0.381 e. The summed E-state index contributed by atoms with van der Waals surface area (Å²) >= 11 is 3.71. The highest BCUT2D eigenvalue weighted by molar-refractivity contribution is 9.09. The fraction of sp³-hybridized carbons (Fsp3) is 1.00. The summed E-state index contributed by atoms with van der Waals surface area (Å²) in [6.45, 7) is 2.00. The Morgan fingerprint density at radius 3 is 2.45 bits per heavy atom. The third-order valence-electron chi connectivity index (χ3n) is 3.20. The number of hydrogen-bond acceptors (Lipinski definition) is 1. The minimum atomic E-state index is 0.673. The summed E-state index contributed by atoms with van der Waals surface area (Å²) in [6.07, 6.45) is 6.78. The third-order valence-corrected chi connectivity index (χ3v) is 3.98.